The van der Waals surface area contributed by atoms with E-state index in [0.717, 1.165) is 0 Å². The maximum Gasteiger partial charge on any atom is 0.507 e. The fourth-order valence-electron chi connectivity index (χ4n) is 0.177. The Labute approximate surface area is 70.3 Å². The molecule has 0 aliphatic heterocycles. The third-order valence-corrected chi connectivity index (χ3v) is 0.429. The molecule has 0 aromatic carbocycles. The predicted molar refractivity (Wildman–Crippen MR) is 48.8 cm³/mol. The molecule has 0 atom stereocenters. The molecule has 0 aromatic heterocycles. The topological polar surface area (TPSA) is 35.5 Å². The van der Waals surface area contributed by atoms with Crippen molar-refractivity contribution in [3.63, 3.8) is 0 Å². The van der Waals surface area contributed by atoms with E-state index in [9.17, 15) is 4.79 Å². The van der Waals surface area contributed by atoms with E-state index in [0.29, 0.717) is 6.61 Å². The van der Waals surface area contributed by atoms with Crippen LogP contribution in [0, 0.1) is 0 Å². The summed E-state index contributed by atoms with van der Waals surface area (Å²) in [6.45, 7) is 9.00. The highest BCUT2D eigenvalue weighted by atomic mass is 28.3. The Morgan fingerprint density at radius 1 is 1.36 bits per heavy atom. The first-order chi connectivity index (χ1) is 5.04. The van der Waals surface area contributed by atoms with E-state index >= 15 is 0 Å². The maximum absolute atomic E-state index is 9.97. The molecule has 68 valence electrons. The van der Waals surface area contributed by atoms with Crippen molar-refractivity contribution in [2.75, 3.05) is 13.7 Å². The van der Waals surface area contributed by atoms with Crippen molar-refractivity contribution in [1.82, 2.24) is 0 Å². The summed E-state index contributed by atoms with van der Waals surface area (Å²) >= 11 is 0. The fraction of sp³-hybridized carbons (Fsp3) is 0.857. The van der Waals surface area contributed by atoms with Gasteiger partial charge in [0.25, 0.3) is 0 Å². The van der Waals surface area contributed by atoms with E-state index < -0.39 is 6.16 Å². The van der Waals surface area contributed by atoms with Crippen LogP contribution in [0.4, 0.5) is 4.79 Å². The summed E-state index contributed by atoms with van der Waals surface area (Å²) < 4.78 is 8.46. The minimum atomic E-state index is -0.623. The molecule has 11 heavy (non-hydrogen) atoms. The summed E-state index contributed by atoms with van der Waals surface area (Å²) in [4.78, 5) is 9.97. The minimum absolute atomic E-state index is 0.139. The van der Waals surface area contributed by atoms with Crippen LogP contribution in [0.3, 0.4) is 0 Å². The van der Waals surface area contributed by atoms with Crippen LogP contribution in [0.2, 0.25) is 19.6 Å². The summed E-state index contributed by atoms with van der Waals surface area (Å²) in [5.41, 5.74) is 0. The summed E-state index contributed by atoms with van der Waals surface area (Å²) in [7, 11) is 1.14. The largest absolute Gasteiger partial charge is 0.507 e. The molecule has 0 heterocycles. The van der Waals surface area contributed by atoms with Crippen LogP contribution in [0.15, 0.2) is 0 Å². The van der Waals surface area contributed by atoms with Crippen molar-refractivity contribution < 1.29 is 14.3 Å². The van der Waals surface area contributed by atoms with Gasteiger partial charge >= 0.3 is 6.16 Å². The van der Waals surface area contributed by atoms with E-state index in [1.807, 2.05) is 0 Å². The monoisotopic (exact) mass is 178 g/mol. The lowest BCUT2D eigenvalue weighted by atomic mass is 10.9. The summed E-state index contributed by atoms with van der Waals surface area (Å²) in [6, 6.07) is 0. The molecule has 0 fully saturated rings. The SMILES string of the molecule is CCOC(=O)OC.C[SiH](C)C. The van der Waals surface area contributed by atoms with Gasteiger partial charge in [-0.3, -0.25) is 0 Å². The van der Waals surface area contributed by atoms with Gasteiger partial charge in [0.05, 0.1) is 13.7 Å². The van der Waals surface area contributed by atoms with Crippen LogP contribution in [0.5, 0.6) is 0 Å². The lowest BCUT2D eigenvalue weighted by molar-refractivity contribution is 0.0771. The average molecular weight is 178 g/mol. The number of carbonyl (C=O) groups excluding carboxylic acids is 1. The molecule has 0 spiro atoms. The third kappa shape index (κ3) is 26.4. The highest BCUT2D eigenvalue weighted by Gasteiger charge is 1.92. The Morgan fingerprint density at radius 2 is 1.73 bits per heavy atom. The van der Waals surface area contributed by atoms with Crippen molar-refractivity contribution in [1.29, 1.82) is 0 Å². The van der Waals surface area contributed by atoms with Crippen LogP contribution >= 0.6 is 0 Å². The Kier molecular flexibility index (Phi) is 11.3. The molecule has 4 heteroatoms. The molecular formula is C7H18O3Si. The highest BCUT2D eigenvalue weighted by molar-refractivity contribution is 6.54. The van der Waals surface area contributed by atoms with Crippen LogP contribution in [-0.2, 0) is 9.47 Å². The van der Waals surface area contributed by atoms with Gasteiger partial charge in [-0.2, -0.15) is 0 Å². The van der Waals surface area contributed by atoms with Crippen molar-refractivity contribution in [3.05, 3.63) is 0 Å². The highest BCUT2D eigenvalue weighted by Crippen LogP contribution is 1.77. The van der Waals surface area contributed by atoms with Gasteiger partial charge in [0, 0.05) is 8.80 Å². The van der Waals surface area contributed by atoms with Crippen molar-refractivity contribution >= 4 is 15.0 Å². The van der Waals surface area contributed by atoms with E-state index in [-0.39, 0.29) is 8.80 Å². The first-order valence-electron chi connectivity index (χ1n) is 3.75. The summed E-state index contributed by atoms with van der Waals surface area (Å²) in [5, 5.41) is 0. The zero-order valence-corrected chi connectivity index (χ0v) is 9.16. The van der Waals surface area contributed by atoms with Gasteiger partial charge < -0.3 is 9.47 Å². The summed E-state index contributed by atoms with van der Waals surface area (Å²) in [5.74, 6) is 0. The fourth-order valence-corrected chi connectivity index (χ4v) is 0.177. The normalized spacial score (nSPS) is 8.18. The lowest BCUT2D eigenvalue weighted by Gasteiger charge is -1.94. The van der Waals surface area contributed by atoms with Crippen LogP contribution in [0.1, 0.15) is 6.92 Å². The van der Waals surface area contributed by atoms with Gasteiger partial charge in [0.15, 0.2) is 0 Å². The Hall–Kier alpha value is -0.513. The molecule has 0 rings (SSSR count). The van der Waals surface area contributed by atoms with Crippen LogP contribution < -0.4 is 0 Å². The molecule has 0 radical (unpaired) electrons. The lowest BCUT2D eigenvalue weighted by Crippen LogP contribution is -2.02. The van der Waals surface area contributed by atoms with E-state index in [1.54, 1.807) is 6.92 Å². The molecule has 0 bridgehead atoms. The first kappa shape index (κ1) is 13.1. The van der Waals surface area contributed by atoms with Crippen LogP contribution in [0.25, 0.3) is 0 Å². The average Bonchev–Trinajstić information content (AvgIpc) is 1.87. The predicted octanol–water partition coefficient (Wildman–Crippen LogP) is 1.89. The molecule has 0 N–H and O–H groups in total. The standard InChI is InChI=1S/C4H8O3.C3H10Si/c1-3-7-4(5)6-2;1-4(2)3/h3H2,1-2H3;4H,1-3H3. The molecule has 0 aromatic rings. The number of ether oxygens (including phenoxy) is 2. The Morgan fingerprint density at radius 3 is 1.82 bits per heavy atom. The molecule has 3 nitrogen and oxygen atoms in total. The van der Waals surface area contributed by atoms with Gasteiger partial charge in [-0.05, 0) is 6.92 Å². The zero-order chi connectivity index (χ0) is 9.28. The molecule has 0 saturated heterocycles. The van der Waals surface area contributed by atoms with E-state index in [1.165, 1.54) is 7.11 Å². The molecule has 0 unspecified atom stereocenters. The quantitative estimate of drug-likeness (QED) is 0.454. The molecule has 0 amide bonds. The van der Waals surface area contributed by atoms with E-state index in [4.69, 9.17) is 0 Å². The molecular weight excluding hydrogens is 160 g/mol. The molecule has 0 aliphatic carbocycles. The zero-order valence-electron chi connectivity index (χ0n) is 8.01. The number of hydrogen-bond donors (Lipinski definition) is 0. The first-order valence-corrected chi connectivity index (χ1v) is 7.21. The summed E-state index contributed by atoms with van der Waals surface area (Å²) in [6.07, 6.45) is -0.623. The smallest absolute Gasteiger partial charge is 0.438 e. The van der Waals surface area contributed by atoms with Crippen molar-refractivity contribution in [3.8, 4) is 0 Å². The number of carbonyl (C=O) groups is 1. The van der Waals surface area contributed by atoms with Gasteiger partial charge in [-0.1, -0.05) is 19.6 Å². The maximum atomic E-state index is 9.97. The number of hydrogen-bond acceptors (Lipinski definition) is 3. The van der Waals surface area contributed by atoms with E-state index in [2.05, 4.69) is 29.1 Å². The second-order valence-corrected chi connectivity index (χ2v) is 6.08. The number of rotatable bonds is 1. The minimum Gasteiger partial charge on any atom is -0.438 e. The third-order valence-electron chi connectivity index (χ3n) is 0.429. The number of methoxy groups -OCH3 is 1. The molecule has 0 aliphatic rings. The Bertz CT molecular complexity index is 90.9. The van der Waals surface area contributed by atoms with Gasteiger partial charge in [0.2, 0.25) is 0 Å². The van der Waals surface area contributed by atoms with Gasteiger partial charge in [0.1, 0.15) is 0 Å². The van der Waals surface area contributed by atoms with Gasteiger partial charge in [-0.25, -0.2) is 4.79 Å². The second-order valence-electron chi connectivity index (χ2n) is 2.62. The van der Waals surface area contributed by atoms with Crippen molar-refractivity contribution in [2.24, 2.45) is 0 Å². The van der Waals surface area contributed by atoms with Gasteiger partial charge in [-0.15, -0.1) is 0 Å². The van der Waals surface area contributed by atoms with Crippen LogP contribution in [-0.4, -0.2) is 28.7 Å². The molecule has 0 saturated carbocycles. The van der Waals surface area contributed by atoms with Crippen molar-refractivity contribution in [2.45, 2.75) is 26.6 Å². The Balaban J connectivity index is 0. The second kappa shape index (κ2) is 9.49.